The van der Waals surface area contributed by atoms with E-state index in [0.717, 1.165) is 30.6 Å². The summed E-state index contributed by atoms with van der Waals surface area (Å²) in [5.41, 5.74) is 0.828. The molecule has 0 aliphatic carbocycles. The number of nitrogens with one attached hydrogen (secondary N) is 1. The van der Waals surface area contributed by atoms with E-state index in [-0.39, 0.29) is 12.4 Å². The Labute approximate surface area is 102 Å². The van der Waals surface area contributed by atoms with Gasteiger partial charge in [0.05, 0.1) is 6.61 Å². The van der Waals surface area contributed by atoms with Crippen LogP contribution in [0, 0.1) is 5.82 Å². The van der Waals surface area contributed by atoms with E-state index in [1.54, 1.807) is 6.07 Å². The van der Waals surface area contributed by atoms with Gasteiger partial charge < -0.3 is 15.2 Å². The third kappa shape index (κ3) is 5.15. The first kappa shape index (κ1) is 13.9. The van der Waals surface area contributed by atoms with Gasteiger partial charge in [0.2, 0.25) is 0 Å². The fourth-order valence-electron chi connectivity index (χ4n) is 1.59. The molecule has 0 spiro atoms. The highest BCUT2D eigenvalue weighted by atomic mass is 19.1. The second kappa shape index (κ2) is 8.03. The number of ether oxygens (including phenoxy) is 1. The first-order valence-electron chi connectivity index (χ1n) is 5.94. The molecular formula is C13H20FNO2. The number of hydrogen-bond acceptors (Lipinski definition) is 3. The number of hydrogen-bond donors (Lipinski definition) is 2. The molecule has 0 unspecified atom stereocenters. The van der Waals surface area contributed by atoms with Crippen molar-refractivity contribution in [1.82, 2.24) is 5.32 Å². The molecule has 0 atom stereocenters. The molecular weight excluding hydrogens is 221 g/mol. The molecule has 96 valence electrons. The summed E-state index contributed by atoms with van der Waals surface area (Å²) >= 11 is 0. The number of halogens is 1. The number of rotatable bonds is 8. The Hall–Kier alpha value is -1.13. The fourth-order valence-corrected chi connectivity index (χ4v) is 1.59. The number of unbranched alkanes of at least 4 members (excludes halogenated alkanes) is 2. The Bertz CT molecular complexity index is 331. The lowest BCUT2D eigenvalue weighted by molar-refractivity contribution is 0.265. The minimum Gasteiger partial charge on any atom is -0.493 e. The van der Waals surface area contributed by atoms with Crippen molar-refractivity contribution in [1.29, 1.82) is 0 Å². The van der Waals surface area contributed by atoms with Crippen molar-refractivity contribution in [2.75, 3.05) is 20.3 Å². The highest BCUT2D eigenvalue weighted by molar-refractivity contribution is 5.33. The Kier molecular flexibility index (Phi) is 6.58. The summed E-state index contributed by atoms with van der Waals surface area (Å²) in [5.74, 6) is 0.479. The molecule has 0 saturated carbocycles. The topological polar surface area (TPSA) is 41.5 Å². The maximum atomic E-state index is 13.0. The Morgan fingerprint density at radius 2 is 2.12 bits per heavy atom. The summed E-state index contributed by atoms with van der Waals surface area (Å²) in [5, 5.41) is 11.6. The SMILES string of the molecule is CNCc1cc(F)ccc1OCCCCCO. The van der Waals surface area contributed by atoms with E-state index in [0.29, 0.717) is 13.2 Å². The van der Waals surface area contributed by atoms with Crippen molar-refractivity contribution in [2.24, 2.45) is 0 Å². The van der Waals surface area contributed by atoms with Gasteiger partial charge in [-0.3, -0.25) is 0 Å². The Morgan fingerprint density at radius 3 is 2.82 bits per heavy atom. The van der Waals surface area contributed by atoms with Gasteiger partial charge in [-0.15, -0.1) is 0 Å². The van der Waals surface area contributed by atoms with Crippen molar-refractivity contribution in [3.8, 4) is 5.75 Å². The number of benzene rings is 1. The zero-order chi connectivity index (χ0) is 12.5. The summed E-state index contributed by atoms with van der Waals surface area (Å²) in [6.07, 6.45) is 2.64. The van der Waals surface area contributed by atoms with E-state index in [1.807, 2.05) is 7.05 Å². The molecule has 1 aromatic rings. The third-order valence-electron chi connectivity index (χ3n) is 2.45. The van der Waals surface area contributed by atoms with E-state index >= 15 is 0 Å². The summed E-state index contributed by atoms with van der Waals surface area (Å²) in [7, 11) is 1.82. The molecule has 0 saturated heterocycles. The average Bonchev–Trinajstić information content (AvgIpc) is 2.32. The highest BCUT2D eigenvalue weighted by Crippen LogP contribution is 2.19. The molecule has 0 bridgehead atoms. The fraction of sp³-hybridized carbons (Fsp3) is 0.538. The van der Waals surface area contributed by atoms with E-state index in [2.05, 4.69) is 5.32 Å². The van der Waals surface area contributed by atoms with Crippen LogP contribution in [0.2, 0.25) is 0 Å². The molecule has 0 fully saturated rings. The van der Waals surface area contributed by atoms with Crippen molar-refractivity contribution < 1.29 is 14.2 Å². The average molecular weight is 241 g/mol. The molecule has 3 nitrogen and oxygen atoms in total. The molecule has 0 amide bonds. The standard InChI is InChI=1S/C13H20FNO2/c1-15-10-11-9-12(14)5-6-13(11)17-8-4-2-3-7-16/h5-6,9,15-16H,2-4,7-8,10H2,1H3. The molecule has 2 N–H and O–H groups in total. The van der Waals surface area contributed by atoms with E-state index in [4.69, 9.17) is 9.84 Å². The molecule has 1 rings (SSSR count). The van der Waals surface area contributed by atoms with E-state index in [9.17, 15) is 4.39 Å². The van der Waals surface area contributed by atoms with Gasteiger partial charge in [-0.2, -0.15) is 0 Å². The van der Waals surface area contributed by atoms with Crippen LogP contribution in [0.4, 0.5) is 4.39 Å². The van der Waals surface area contributed by atoms with Gasteiger partial charge in [-0.05, 0) is 44.5 Å². The lowest BCUT2D eigenvalue weighted by Crippen LogP contribution is -2.08. The molecule has 4 heteroatoms. The lowest BCUT2D eigenvalue weighted by atomic mass is 10.2. The number of aliphatic hydroxyl groups is 1. The molecule has 17 heavy (non-hydrogen) atoms. The van der Waals surface area contributed by atoms with Crippen LogP contribution in [-0.2, 0) is 6.54 Å². The van der Waals surface area contributed by atoms with Gasteiger partial charge in [0.25, 0.3) is 0 Å². The molecule has 1 aromatic carbocycles. The van der Waals surface area contributed by atoms with Crippen LogP contribution in [0.3, 0.4) is 0 Å². The van der Waals surface area contributed by atoms with Gasteiger partial charge in [0.15, 0.2) is 0 Å². The summed E-state index contributed by atoms with van der Waals surface area (Å²) < 4.78 is 18.7. The van der Waals surface area contributed by atoms with Gasteiger partial charge >= 0.3 is 0 Å². The normalized spacial score (nSPS) is 10.5. The summed E-state index contributed by atoms with van der Waals surface area (Å²) in [6.45, 7) is 1.41. The van der Waals surface area contributed by atoms with Crippen LogP contribution >= 0.6 is 0 Å². The minimum absolute atomic E-state index is 0.224. The maximum Gasteiger partial charge on any atom is 0.123 e. The largest absolute Gasteiger partial charge is 0.493 e. The molecule has 0 radical (unpaired) electrons. The summed E-state index contributed by atoms with van der Waals surface area (Å²) in [6, 6.07) is 4.55. The van der Waals surface area contributed by atoms with Crippen LogP contribution in [0.1, 0.15) is 24.8 Å². The van der Waals surface area contributed by atoms with Gasteiger partial charge in [0, 0.05) is 18.7 Å². The van der Waals surface area contributed by atoms with Gasteiger partial charge in [-0.25, -0.2) is 4.39 Å². The minimum atomic E-state index is -0.247. The first-order chi connectivity index (χ1) is 8.27. The van der Waals surface area contributed by atoms with Crippen molar-refractivity contribution >= 4 is 0 Å². The quantitative estimate of drug-likeness (QED) is 0.685. The van der Waals surface area contributed by atoms with Crippen LogP contribution in [0.15, 0.2) is 18.2 Å². The van der Waals surface area contributed by atoms with E-state index < -0.39 is 0 Å². The van der Waals surface area contributed by atoms with Crippen LogP contribution in [0.5, 0.6) is 5.75 Å². The molecule has 0 aromatic heterocycles. The number of aliphatic hydroxyl groups excluding tert-OH is 1. The van der Waals surface area contributed by atoms with Gasteiger partial charge in [0.1, 0.15) is 11.6 Å². The Balaban J connectivity index is 2.45. The first-order valence-corrected chi connectivity index (χ1v) is 5.94. The van der Waals surface area contributed by atoms with Crippen LogP contribution in [-0.4, -0.2) is 25.4 Å². The van der Waals surface area contributed by atoms with Crippen molar-refractivity contribution in [2.45, 2.75) is 25.8 Å². The van der Waals surface area contributed by atoms with Gasteiger partial charge in [-0.1, -0.05) is 0 Å². The monoisotopic (exact) mass is 241 g/mol. The maximum absolute atomic E-state index is 13.0. The zero-order valence-corrected chi connectivity index (χ0v) is 10.2. The highest BCUT2D eigenvalue weighted by Gasteiger charge is 2.04. The lowest BCUT2D eigenvalue weighted by Gasteiger charge is -2.11. The van der Waals surface area contributed by atoms with Crippen LogP contribution in [0.25, 0.3) is 0 Å². The molecule has 0 aliphatic heterocycles. The van der Waals surface area contributed by atoms with Crippen LogP contribution < -0.4 is 10.1 Å². The zero-order valence-electron chi connectivity index (χ0n) is 10.2. The smallest absolute Gasteiger partial charge is 0.123 e. The second-order valence-corrected chi connectivity index (χ2v) is 3.92. The Morgan fingerprint density at radius 1 is 1.29 bits per heavy atom. The molecule has 0 aliphatic rings. The van der Waals surface area contributed by atoms with Crippen molar-refractivity contribution in [3.63, 3.8) is 0 Å². The second-order valence-electron chi connectivity index (χ2n) is 3.92. The van der Waals surface area contributed by atoms with E-state index in [1.165, 1.54) is 12.1 Å². The third-order valence-corrected chi connectivity index (χ3v) is 2.45. The van der Waals surface area contributed by atoms with Crippen molar-refractivity contribution in [3.05, 3.63) is 29.6 Å². The summed E-state index contributed by atoms with van der Waals surface area (Å²) in [4.78, 5) is 0. The predicted molar refractivity (Wildman–Crippen MR) is 65.6 cm³/mol. The molecule has 0 heterocycles. The predicted octanol–water partition coefficient (Wildman–Crippen LogP) is 2.09.